The molecule has 2 fully saturated rings. The number of ether oxygens (including phenoxy) is 1. The number of carbonyl (C=O) groups is 1. The van der Waals surface area contributed by atoms with Crippen molar-refractivity contribution in [2.24, 2.45) is 0 Å². The number of amides is 1. The van der Waals surface area contributed by atoms with E-state index in [4.69, 9.17) is 21.3 Å². The number of rotatable bonds is 4. The van der Waals surface area contributed by atoms with E-state index in [9.17, 15) is 4.79 Å². The number of benzene rings is 1. The van der Waals surface area contributed by atoms with Gasteiger partial charge in [-0.05, 0) is 43.4 Å². The topological polar surface area (TPSA) is 58.6 Å². The normalized spacial score (nSPS) is 20.1. The van der Waals surface area contributed by atoms with Crippen LogP contribution < -0.4 is 4.90 Å². The van der Waals surface area contributed by atoms with Gasteiger partial charge in [0.15, 0.2) is 0 Å². The molecule has 2 aromatic rings. The maximum atomic E-state index is 12.7. The summed E-state index contributed by atoms with van der Waals surface area (Å²) >= 11 is 6.23. The minimum atomic E-state index is -0.243. The second kappa shape index (κ2) is 8.67. The van der Waals surface area contributed by atoms with E-state index in [0.717, 1.165) is 55.6 Å². The molecule has 1 amide bonds. The highest BCUT2D eigenvalue weighted by atomic mass is 35.5. The maximum absolute atomic E-state index is 12.7. The highest BCUT2D eigenvalue weighted by Gasteiger charge is 2.32. The lowest BCUT2D eigenvalue weighted by atomic mass is 9.88. The van der Waals surface area contributed by atoms with Crippen molar-refractivity contribution in [1.82, 2.24) is 14.9 Å². The monoisotopic (exact) mass is 414 g/mol. The van der Waals surface area contributed by atoms with E-state index in [1.807, 2.05) is 54.4 Å². The summed E-state index contributed by atoms with van der Waals surface area (Å²) in [6.45, 7) is 2.17. The number of aromatic nitrogens is 2. The van der Waals surface area contributed by atoms with Gasteiger partial charge in [-0.15, -0.1) is 0 Å². The lowest BCUT2D eigenvalue weighted by Crippen LogP contribution is -2.43. The third kappa shape index (κ3) is 4.38. The quantitative estimate of drug-likeness (QED) is 0.762. The van der Waals surface area contributed by atoms with Crippen LogP contribution in [-0.2, 0) is 9.53 Å². The van der Waals surface area contributed by atoms with E-state index in [0.29, 0.717) is 17.6 Å². The zero-order valence-electron chi connectivity index (χ0n) is 17.0. The van der Waals surface area contributed by atoms with Gasteiger partial charge in [-0.3, -0.25) is 4.79 Å². The van der Waals surface area contributed by atoms with Crippen LogP contribution in [0.2, 0.25) is 5.02 Å². The number of hydrogen-bond acceptors (Lipinski definition) is 5. The van der Waals surface area contributed by atoms with Crippen LogP contribution in [0.4, 0.5) is 5.95 Å². The van der Waals surface area contributed by atoms with E-state index in [1.54, 1.807) is 0 Å². The van der Waals surface area contributed by atoms with E-state index < -0.39 is 0 Å². The first-order valence-corrected chi connectivity index (χ1v) is 10.6. The fourth-order valence-corrected chi connectivity index (χ4v) is 4.33. The molecular formula is C22H27ClN4O2. The Morgan fingerprint density at radius 3 is 2.69 bits per heavy atom. The van der Waals surface area contributed by atoms with Crippen molar-refractivity contribution >= 4 is 23.5 Å². The van der Waals surface area contributed by atoms with Crippen molar-refractivity contribution in [1.29, 1.82) is 0 Å². The molecular weight excluding hydrogens is 388 g/mol. The summed E-state index contributed by atoms with van der Waals surface area (Å²) in [6, 6.07) is 7.81. The van der Waals surface area contributed by atoms with Crippen molar-refractivity contribution in [3.05, 3.63) is 41.2 Å². The molecule has 6 nitrogen and oxygen atoms in total. The van der Waals surface area contributed by atoms with Crippen LogP contribution in [0, 0.1) is 0 Å². The van der Waals surface area contributed by atoms with Crippen molar-refractivity contribution in [2.75, 3.05) is 38.7 Å². The summed E-state index contributed by atoms with van der Waals surface area (Å²) in [6.07, 6.45) is 5.24. The number of nitrogens with zero attached hydrogens (tertiary/aromatic N) is 4. The van der Waals surface area contributed by atoms with Gasteiger partial charge in [-0.2, -0.15) is 0 Å². The van der Waals surface area contributed by atoms with Crippen LogP contribution >= 0.6 is 11.6 Å². The molecule has 1 aromatic carbocycles. The smallest absolute Gasteiger partial charge is 0.251 e. The van der Waals surface area contributed by atoms with Crippen LogP contribution in [0.5, 0.6) is 0 Å². The molecule has 154 valence electrons. The second-order valence-corrected chi connectivity index (χ2v) is 8.41. The fraction of sp³-hybridized carbons (Fsp3) is 0.500. The summed E-state index contributed by atoms with van der Waals surface area (Å²) in [4.78, 5) is 26.0. The van der Waals surface area contributed by atoms with Gasteiger partial charge in [-0.1, -0.05) is 23.7 Å². The third-order valence-electron chi connectivity index (χ3n) is 5.74. The molecule has 4 rings (SSSR count). The zero-order valence-corrected chi connectivity index (χ0v) is 17.7. The van der Waals surface area contributed by atoms with Gasteiger partial charge in [0.25, 0.3) is 5.91 Å². The zero-order chi connectivity index (χ0) is 20.4. The number of likely N-dealkylation sites (tertiary alicyclic amines) is 1. The summed E-state index contributed by atoms with van der Waals surface area (Å²) in [7, 11) is 3.89. The third-order valence-corrected chi connectivity index (χ3v) is 5.97. The van der Waals surface area contributed by atoms with E-state index in [2.05, 4.69) is 4.98 Å². The van der Waals surface area contributed by atoms with Crippen molar-refractivity contribution in [3.63, 3.8) is 0 Å². The summed E-state index contributed by atoms with van der Waals surface area (Å²) in [5, 5.41) is 0.696. The summed E-state index contributed by atoms with van der Waals surface area (Å²) < 4.78 is 5.58. The minimum absolute atomic E-state index is 0.146. The fourth-order valence-electron chi connectivity index (χ4n) is 4.14. The standard InChI is InChI=1S/C22H27ClN4O2/c1-26(2)22-24-14-18(16-5-3-6-17(23)13-16)20(25-22)15-8-10-27(11-9-15)21(28)19-7-4-12-29-19/h3,5-6,13-15,19H,4,7-12H2,1-2H3/t19-/m1/s1. The molecule has 7 heteroatoms. The van der Waals surface area contributed by atoms with Crippen molar-refractivity contribution in [2.45, 2.75) is 37.7 Å². The predicted octanol–water partition coefficient (Wildman–Crippen LogP) is 3.75. The maximum Gasteiger partial charge on any atom is 0.251 e. The first kappa shape index (κ1) is 20.1. The number of hydrogen-bond donors (Lipinski definition) is 0. The van der Waals surface area contributed by atoms with Crippen molar-refractivity contribution < 1.29 is 9.53 Å². The van der Waals surface area contributed by atoms with Gasteiger partial charge in [0.1, 0.15) is 6.10 Å². The Bertz CT molecular complexity index is 875. The largest absolute Gasteiger partial charge is 0.368 e. The van der Waals surface area contributed by atoms with E-state index in [1.165, 1.54) is 0 Å². The number of halogens is 1. The van der Waals surface area contributed by atoms with E-state index in [-0.39, 0.29) is 17.9 Å². The Balaban J connectivity index is 1.57. The van der Waals surface area contributed by atoms with Crippen LogP contribution in [0.1, 0.15) is 37.3 Å². The molecule has 1 aromatic heterocycles. The van der Waals surface area contributed by atoms with Crippen LogP contribution in [0.15, 0.2) is 30.5 Å². The second-order valence-electron chi connectivity index (χ2n) is 7.97. The molecule has 0 N–H and O–H groups in total. The lowest BCUT2D eigenvalue weighted by Gasteiger charge is -2.34. The van der Waals surface area contributed by atoms with E-state index >= 15 is 0 Å². The van der Waals surface area contributed by atoms with Gasteiger partial charge < -0.3 is 14.5 Å². The molecule has 3 heterocycles. The summed E-state index contributed by atoms with van der Waals surface area (Å²) in [5.74, 6) is 1.12. The average Bonchev–Trinajstić information content (AvgIpc) is 3.28. The van der Waals surface area contributed by atoms with Crippen LogP contribution in [0.25, 0.3) is 11.1 Å². The highest BCUT2D eigenvalue weighted by molar-refractivity contribution is 6.30. The average molecular weight is 415 g/mol. The Hall–Kier alpha value is -2.18. The molecule has 0 radical (unpaired) electrons. The van der Waals surface area contributed by atoms with Crippen LogP contribution in [0.3, 0.4) is 0 Å². The number of anilines is 1. The molecule has 2 aliphatic rings. The highest BCUT2D eigenvalue weighted by Crippen LogP contribution is 2.35. The van der Waals surface area contributed by atoms with Gasteiger partial charge in [0, 0.05) is 56.5 Å². The SMILES string of the molecule is CN(C)c1ncc(-c2cccc(Cl)c2)c(C2CCN(C(=O)[C@H]3CCCO3)CC2)n1. The molecule has 0 saturated carbocycles. The Morgan fingerprint density at radius 2 is 2.03 bits per heavy atom. The number of piperidine rings is 1. The first-order valence-electron chi connectivity index (χ1n) is 10.2. The van der Waals surface area contributed by atoms with Gasteiger partial charge in [0.2, 0.25) is 5.95 Å². The molecule has 2 saturated heterocycles. The van der Waals surface area contributed by atoms with Gasteiger partial charge in [0.05, 0.1) is 5.69 Å². The lowest BCUT2D eigenvalue weighted by molar-refractivity contribution is -0.142. The molecule has 0 bridgehead atoms. The predicted molar refractivity (Wildman–Crippen MR) is 114 cm³/mol. The van der Waals surface area contributed by atoms with Crippen molar-refractivity contribution in [3.8, 4) is 11.1 Å². The van der Waals surface area contributed by atoms with Crippen LogP contribution in [-0.4, -0.2) is 60.7 Å². The Morgan fingerprint density at radius 1 is 1.24 bits per heavy atom. The molecule has 0 spiro atoms. The molecule has 2 aliphatic heterocycles. The molecule has 0 unspecified atom stereocenters. The van der Waals surface area contributed by atoms with Gasteiger partial charge in [-0.25, -0.2) is 9.97 Å². The first-order chi connectivity index (χ1) is 14.0. The molecule has 0 aliphatic carbocycles. The molecule has 1 atom stereocenters. The Kier molecular flexibility index (Phi) is 6.01. The van der Waals surface area contributed by atoms with Gasteiger partial charge >= 0.3 is 0 Å². The summed E-state index contributed by atoms with van der Waals surface area (Å²) in [5.41, 5.74) is 3.08. The Labute approximate surface area is 176 Å². The minimum Gasteiger partial charge on any atom is -0.368 e. The molecule has 29 heavy (non-hydrogen) atoms. The number of carbonyl (C=O) groups excluding carboxylic acids is 1.